The van der Waals surface area contributed by atoms with Crippen LogP contribution in [0.1, 0.15) is 45.6 Å². The highest BCUT2D eigenvalue weighted by atomic mass is 32.2. The van der Waals surface area contributed by atoms with Crippen molar-refractivity contribution in [3.8, 4) is 5.75 Å². The van der Waals surface area contributed by atoms with Crippen LogP contribution in [-0.4, -0.2) is 80.2 Å². The van der Waals surface area contributed by atoms with E-state index < -0.39 is 10.0 Å². The molecule has 1 N–H and O–H groups in total. The first-order chi connectivity index (χ1) is 17.0. The minimum atomic E-state index is -3.55. The van der Waals surface area contributed by atoms with E-state index in [0.717, 1.165) is 24.0 Å². The zero-order valence-corrected chi connectivity index (χ0v) is 22.5. The lowest BCUT2D eigenvalue weighted by molar-refractivity contribution is -0.127. The van der Waals surface area contributed by atoms with E-state index in [0.29, 0.717) is 37.4 Å². The third-order valence-electron chi connectivity index (χ3n) is 7.50. The molecule has 0 saturated carbocycles. The van der Waals surface area contributed by atoms with Crippen molar-refractivity contribution >= 4 is 15.9 Å². The fourth-order valence-corrected chi connectivity index (χ4v) is 7.11. The summed E-state index contributed by atoms with van der Waals surface area (Å²) in [6.45, 7) is 7.28. The maximum atomic E-state index is 13.4. The van der Waals surface area contributed by atoms with Crippen LogP contribution < -0.4 is 4.74 Å². The van der Waals surface area contributed by atoms with Crippen LogP contribution in [0.15, 0.2) is 47.6 Å². The monoisotopic (exact) mass is 518 g/mol. The number of ether oxygens (including phenoxy) is 2. The number of likely N-dealkylation sites (tertiary alicyclic amines) is 1. The van der Waals surface area contributed by atoms with Gasteiger partial charge in [-0.1, -0.05) is 43.7 Å². The Bertz CT molecular complexity index is 1140. The van der Waals surface area contributed by atoms with Crippen molar-refractivity contribution in [1.29, 1.82) is 0 Å². The second-order valence-corrected chi connectivity index (χ2v) is 12.6. The molecule has 0 radical (unpaired) electrons. The Morgan fingerprint density at radius 1 is 1.22 bits per heavy atom. The largest absolute Gasteiger partial charge is 0.486 e. The molecule has 1 aromatic carbocycles. The van der Waals surface area contributed by atoms with Gasteiger partial charge in [0.2, 0.25) is 10.0 Å². The molecule has 2 saturated heterocycles. The molecule has 1 aliphatic carbocycles. The molecular formula is C27H38N2O6S. The number of benzene rings is 1. The lowest BCUT2D eigenvalue weighted by atomic mass is 9.76. The zero-order valence-electron chi connectivity index (χ0n) is 21.6. The van der Waals surface area contributed by atoms with Gasteiger partial charge in [0.05, 0.1) is 25.4 Å². The van der Waals surface area contributed by atoms with Crippen molar-refractivity contribution in [2.24, 2.45) is 5.41 Å². The SMILES string of the molecule is COC1CN(C(=O)C2=CC(C)=CCC2(C)C)CC1Oc1cccc(CS(=O)(=O)N2CCCC2CO)c1. The van der Waals surface area contributed by atoms with Gasteiger partial charge in [-0.25, -0.2) is 8.42 Å². The zero-order chi connectivity index (χ0) is 26.1. The maximum Gasteiger partial charge on any atom is 0.250 e. The number of hydrogen-bond donors (Lipinski definition) is 1. The van der Waals surface area contributed by atoms with Gasteiger partial charge in [0.1, 0.15) is 18.0 Å². The van der Waals surface area contributed by atoms with Gasteiger partial charge in [0.25, 0.3) is 5.91 Å². The standard InChI is InChI=1S/C27H38N2O6S/c1-19-10-11-27(2,3)23(13-19)26(31)28-15-24(34-4)25(16-28)35-22-9-5-7-20(14-22)18-36(32,33)29-12-6-8-21(29)17-30/h5,7,9-10,13-14,21,24-25,30H,6,8,11-12,15-18H2,1-4H3. The van der Waals surface area contributed by atoms with Gasteiger partial charge in [0.15, 0.2) is 0 Å². The Kier molecular flexibility index (Phi) is 7.95. The topological polar surface area (TPSA) is 96.4 Å². The second kappa shape index (κ2) is 10.7. The number of methoxy groups -OCH3 is 1. The fraction of sp³-hybridized carbons (Fsp3) is 0.593. The molecule has 3 atom stereocenters. The van der Waals surface area contributed by atoms with Crippen LogP contribution in [0.5, 0.6) is 5.75 Å². The molecule has 36 heavy (non-hydrogen) atoms. The fourth-order valence-electron chi connectivity index (χ4n) is 5.31. The number of aliphatic hydroxyl groups excluding tert-OH is 1. The Morgan fingerprint density at radius 2 is 1.97 bits per heavy atom. The highest BCUT2D eigenvalue weighted by molar-refractivity contribution is 7.88. The summed E-state index contributed by atoms with van der Waals surface area (Å²) in [5, 5.41) is 9.53. The van der Waals surface area contributed by atoms with Gasteiger partial charge in [0, 0.05) is 25.3 Å². The van der Waals surface area contributed by atoms with Gasteiger partial charge in [-0.2, -0.15) is 4.31 Å². The van der Waals surface area contributed by atoms with Crippen molar-refractivity contribution in [2.75, 3.05) is 33.4 Å². The lowest BCUT2D eigenvalue weighted by Gasteiger charge is -2.32. The van der Waals surface area contributed by atoms with E-state index in [1.54, 1.807) is 36.3 Å². The van der Waals surface area contributed by atoms with Crippen LogP contribution in [0.4, 0.5) is 0 Å². The van der Waals surface area contributed by atoms with E-state index in [-0.39, 0.29) is 41.9 Å². The molecule has 3 unspecified atom stereocenters. The molecule has 9 heteroatoms. The molecule has 2 aliphatic heterocycles. The highest BCUT2D eigenvalue weighted by Gasteiger charge is 2.41. The van der Waals surface area contributed by atoms with Crippen LogP contribution in [0.25, 0.3) is 0 Å². The summed E-state index contributed by atoms with van der Waals surface area (Å²) in [6, 6.07) is 6.72. The molecular weight excluding hydrogens is 480 g/mol. The molecule has 198 valence electrons. The molecule has 0 aromatic heterocycles. The van der Waals surface area contributed by atoms with E-state index in [9.17, 15) is 18.3 Å². The first kappa shape index (κ1) is 26.9. The number of allylic oxidation sites excluding steroid dienone is 3. The van der Waals surface area contributed by atoms with Gasteiger partial charge in [-0.05, 0) is 49.3 Å². The summed E-state index contributed by atoms with van der Waals surface area (Å²) < 4.78 is 39.3. The van der Waals surface area contributed by atoms with Crippen molar-refractivity contribution in [1.82, 2.24) is 9.21 Å². The molecule has 0 bridgehead atoms. The van der Waals surface area contributed by atoms with Crippen LogP contribution in [-0.2, 0) is 25.3 Å². The summed E-state index contributed by atoms with van der Waals surface area (Å²) in [5.74, 6) is 0.393. The molecule has 4 rings (SSSR count). The molecule has 0 spiro atoms. The Balaban J connectivity index is 1.45. The molecule has 2 fully saturated rings. The first-order valence-corrected chi connectivity index (χ1v) is 14.2. The van der Waals surface area contributed by atoms with Crippen molar-refractivity contribution in [3.63, 3.8) is 0 Å². The second-order valence-electron chi connectivity index (χ2n) is 10.7. The highest BCUT2D eigenvalue weighted by Crippen LogP contribution is 2.37. The van der Waals surface area contributed by atoms with Gasteiger partial charge < -0.3 is 19.5 Å². The summed E-state index contributed by atoms with van der Waals surface area (Å²) in [7, 11) is -1.94. The molecule has 8 nitrogen and oxygen atoms in total. The molecule has 1 amide bonds. The van der Waals surface area contributed by atoms with Crippen molar-refractivity contribution in [2.45, 2.75) is 64.0 Å². The van der Waals surface area contributed by atoms with Crippen LogP contribution >= 0.6 is 0 Å². The number of rotatable bonds is 8. The van der Waals surface area contributed by atoms with Crippen molar-refractivity contribution in [3.05, 3.63) is 53.1 Å². The lowest BCUT2D eigenvalue weighted by Crippen LogP contribution is -2.38. The number of nitrogens with zero attached hydrogens (tertiary/aromatic N) is 2. The Labute approximate surface area is 214 Å². The van der Waals surface area contributed by atoms with Crippen LogP contribution in [0.3, 0.4) is 0 Å². The predicted molar refractivity (Wildman–Crippen MR) is 138 cm³/mol. The number of amides is 1. The minimum Gasteiger partial charge on any atom is -0.486 e. The van der Waals surface area contributed by atoms with E-state index in [1.165, 1.54) is 4.31 Å². The summed E-state index contributed by atoms with van der Waals surface area (Å²) in [6.07, 6.45) is 5.74. The third kappa shape index (κ3) is 5.69. The smallest absolute Gasteiger partial charge is 0.250 e. The number of hydrogen-bond acceptors (Lipinski definition) is 6. The maximum absolute atomic E-state index is 13.4. The van der Waals surface area contributed by atoms with Crippen LogP contribution in [0, 0.1) is 5.41 Å². The number of aliphatic hydroxyl groups is 1. The third-order valence-corrected chi connectivity index (χ3v) is 9.39. The Morgan fingerprint density at radius 3 is 2.69 bits per heavy atom. The Hall–Kier alpha value is -2.20. The quantitative estimate of drug-likeness (QED) is 0.569. The number of carbonyl (C=O) groups is 1. The average molecular weight is 519 g/mol. The van der Waals surface area contributed by atoms with Crippen molar-refractivity contribution < 1.29 is 27.8 Å². The molecule has 3 aliphatic rings. The predicted octanol–water partition coefficient (Wildman–Crippen LogP) is 2.88. The number of sulfonamides is 1. The van der Waals surface area contributed by atoms with E-state index in [2.05, 4.69) is 19.9 Å². The number of carbonyl (C=O) groups excluding carboxylic acids is 1. The van der Waals surface area contributed by atoms with E-state index >= 15 is 0 Å². The van der Waals surface area contributed by atoms with Gasteiger partial charge >= 0.3 is 0 Å². The normalized spacial score (nSPS) is 26.6. The summed E-state index contributed by atoms with van der Waals surface area (Å²) in [5.41, 5.74) is 2.28. The van der Waals surface area contributed by atoms with Gasteiger partial charge in [-0.15, -0.1) is 0 Å². The minimum absolute atomic E-state index is 0.00416. The summed E-state index contributed by atoms with van der Waals surface area (Å²) >= 11 is 0. The molecule has 1 aromatic rings. The van der Waals surface area contributed by atoms with E-state index in [1.807, 2.05) is 13.0 Å². The van der Waals surface area contributed by atoms with Crippen LogP contribution in [0.2, 0.25) is 0 Å². The first-order valence-electron chi connectivity index (χ1n) is 12.6. The summed E-state index contributed by atoms with van der Waals surface area (Å²) in [4.78, 5) is 15.2. The average Bonchev–Trinajstić information content (AvgIpc) is 3.47. The van der Waals surface area contributed by atoms with Gasteiger partial charge in [-0.3, -0.25) is 4.79 Å². The molecule has 2 heterocycles. The van der Waals surface area contributed by atoms with E-state index in [4.69, 9.17) is 9.47 Å².